The minimum absolute atomic E-state index is 0.0207. The summed E-state index contributed by atoms with van der Waals surface area (Å²) in [6, 6.07) is 1.70. The highest BCUT2D eigenvalue weighted by Crippen LogP contribution is 2.19. The summed E-state index contributed by atoms with van der Waals surface area (Å²) >= 11 is 5.57. The van der Waals surface area contributed by atoms with Crippen LogP contribution in [0, 0.1) is 11.3 Å². The molecule has 0 aliphatic carbocycles. The normalized spacial score (nSPS) is 20.0. The highest BCUT2D eigenvalue weighted by Gasteiger charge is 2.31. The van der Waals surface area contributed by atoms with E-state index in [4.69, 9.17) is 11.6 Å². The number of halogens is 1. The molecule has 24 heavy (non-hydrogen) atoms. The van der Waals surface area contributed by atoms with Gasteiger partial charge in [0.25, 0.3) is 5.91 Å². The zero-order valence-corrected chi connectivity index (χ0v) is 15.7. The number of likely N-dealkylation sites (N-methyl/N-ethyl adjacent to an activating group) is 1. The summed E-state index contributed by atoms with van der Waals surface area (Å²) in [7, 11) is 0.786. The lowest BCUT2D eigenvalue weighted by atomic mass is 10.2. The van der Waals surface area contributed by atoms with Crippen LogP contribution in [-0.4, -0.2) is 81.3 Å². The van der Waals surface area contributed by atoms with Gasteiger partial charge in [0, 0.05) is 37.8 Å². The minimum atomic E-state index is -3.04. The lowest BCUT2D eigenvalue weighted by Gasteiger charge is -2.28. The molecule has 0 bridgehead atoms. The molecule has 7 nitrogen and oxygen atoms in total. The molecule has 9 heteroatoms. The molecule has 1 fully saturated rings. The average Bonchev–Trinajstić information content (AvgIpc) is 2.87. The number of amides is 1. The summed E-state index contributed by atoms with van der Waals surface area (Å²) in [5.41, 5.74) is -0.0207. The van der Waals surface area contributed by atoms with E-state index >= 15 is 0 Å². The molecule has 0 saturated carbocycles. The van der Waals surface area contributed by atoms with Crippen LogP contribution in [0.3, 0.4) is 0 Å². The number of nitrogens with zero attached hydrogens (tertiary/aromatic N) is 3. The van der Waals surface area contributed by atoms with Crippen LogP contribution in [0.4, 0.5) is 0 Å². The summed E-state index contributed by atoms with van der Waals surface area (Å²) in [5, 5.41) is 11.9. The van der Waals surface area contributed by atoms with Crippen molar-refractivity contribution in [1.29, 1.82) is 5.26 Å². The van der Waals surface area contributed by atoms with Gasteiger partial charge in [-0.3, -0.25) is 4.79 Å². The molecule has 136 valence electrons. The molecule has 0 spiro atoms. The van der Waals surface area contributed by atoms with Crippen molar-refractivity contribution in [3.8, 4) is 6.07 Å². The van der Waals surface area contributed by atoms with Crippen molar-refractivity contribution in [2.45, 2.75) is 18.9 Å². The monoisotopic (exact) mass is 376 g/mol. The second-order valence-electron chi connectivity index (χ2n) is 6.05. The number of hydrogen-bond donors (Lipinski definition) is 1. The number of nitrogens with one attached hydrogen (secondary N) is 1. The van der Waals surface area contributed by atoms with Crippen molar-refractivity contribution in [3.05, 3.63) is 11.8 Å². The zero-order chi connectivity index (χ0) is 18.2. The molecule has 0 radical (unpaired) electrons. The summed E-state index contributed by atoms with van der Waals surface area (Å²) in [6.07, 6.45) is 2.63. The largest absolute Gasteiger partial charge is 0.371 e. The Kier molecular flexibility index (Phi) is 8.53. The maximum Gasteiger partial charge on any atom is 0.263 e. The number of carbonyl (C=O) groups is 1. The van der Waals surface area contributed by atoms with E-state index in [-0.39, 0.29) is 23.1 Å². The fourth-order valence-corrected chi connectivity index (χ4v) is 4.25. The van der Waals surface area contributed by atoms with Gasteiger partial charge in [0.2, 0.25) is 0 Å². The smallest absolute Gasteiger partial charge is 0.263 e. The highest BCUT2D eigenvalue weighted by atomic mass is 35.5. The van der Waals surface area contributed by atoms with E-state index in [0.29, 0.717) is 38.4 Å². The number of sulfone groups is 1. The Balaban J connectivity index is 2.87. The van der Waals surface area contributed by atoms with Crippen LogP contribution in [0.2, 0.25) is 0 Å². The van der Waals surface area contributed by atoms with E-state index in [1.54, 1.807) is 0 Å². The number of alkyl halides is 1. The fourth-order valence-electron chi connectivity index (χ4n) is 2.37. The Morgan fingerprint density at radius 3 is 2.62 bits per heavy atom. The number of nitriles is 1. The van der Waals surface area contributed by atoms with E-state index in [9.17, 15) is 18.5 Å². The quantitative estimate of drug-likeness (QED) is 0.267. The Hall–Kier alpha value is -1.30. The standard InChI is InChI=1S/C15H25ClN4O3S/c1-19(2)7-8-20(14-4-9-24(22,23)12-14)11-13(10-17)15(21)18-6-3-5-16/h11,14H,3-9,12H2,1-2H3,(H,18,21)/b13-11-. The van der Waals surface area contributed by atoms with Crippen LogP contribution in [-0.2, 0) is 14.6 Å². The molecule has 1 rings (SSSR count). The average molecular weight is 377 g/mol. The lowest BCUT2D eigenvalue weighted by molar-refractivity contribution is -0.117. The zero-order valence-electron chi connectivity index (χ0n) is 14.2. The summed E-state index contributed by atoms with van der Waals surface area (Å²) in [4.78, 5) is 15.8. The van der Waals surface area contributed by atoms with Gasteiger partial charge in [-0.15, -0.1) is 11.6 Å². The summed E-state index contributed by atoms with van der Waals surface area (Å²) < 4.78 is 23.5. The maximum atomic E-state index is 12.1. The van der Waals surface area contributed by atoms with Crippen molar-refractivity contribution in [2.75, 3.05) is 51.1 Å². The molecular weight excluding hydrogens is 352 g/mol. The van der Waals surface area contributed by atoms with Crippen LogP contribution in [0.1, 0.15) is 12.8 Å². The molecular formula is C15H25ClN4O3S. The van der Waals surface area contributed by atoms with Crippen molar-refractivity contribution < 1.29 is 13.2 Å². The third-order valence-corrected chi connectivity index (χ3v) is 5.76. The molecule has 1 amide bonds. The number of rotatable bonds is 9. The number of carbonyl (C=O) groups excluding carboxylic acids is 1. The van der Waals surface area contributed by atoms with Crippen LogP contribution in [0.25, 0.3) is 0 Å². The number of hydrogen-bond acceptors (Lipinski definition) is 6. The molecule has 1 heterocycles. The van der Waals surface area contributed by atoms with Crippen molar-refractivity contribution in [2.24, 2.45) is 0 Å². The molecule has 1 unspecified atom stereocenters. The third-order valence-electron chi connectivity index (χ3n) is 3.74. The van der Waals surface area contributed by atoms with Crippen LogP contribution in [0.5, 0.6) is 0 Å². The SMILES string of the molecule is CN(C)CCN(/C=C(/C#N)C(=O)NCCCCl)C1CCS(=O)(=O)C1. The first-order chi connectivity index (χ1) is 11.3. The van der Waals surface area contributed by atoms with Gasteiger partial charge < -0.3 is 15.1 Å². The molecule has 1 N–H and O–H groups in total. The van der Waals surface area contributed by atoms with Crippen LogP contribution in [0.15, 0.2) is 11.8 Å². The van der Waals surface area contributed by atoms with Gasteiger partial charge in [-0.25, -0.2) is 8.42 Å². The Morgan fingerprint density at radius 2 is 2.12 bits per heavy atom. The molecule has 0 aromatic carbocycles. The predicted octanol–water partition coefficient (Wildman–Crippen LogP) is 0.190. The summed E-state index contributed by atoms with van der Waals surface area (Å²) in [6.45, 7) is 1.64. The summed E-state index contributed by atoms with van der Waals surface area (Å²) in [5.74, 6) is 0.177. The fraction of sp³-hybridized carbons (Fsp3) is 0.733. The Labute approximate surface area is 149 Å². The van der Waals surface area contributed by atoms with Gasteiger partial charge in [-0.05, 0) is 26.9 Å². The van der Waals surface area contributed by atoms with E-state index in [0.717, 1.165) is 0 Å². The first-order valence-electron chi connectivity index (χ1n) is 7.86. The van der Waals surface area contributed by atoms with Gasteiger partial charge in [0.15, 0.2) is 9.84 Å². The topological polar surface area (TPSA) is 93.5 Å². The molecule has 1 saturated heterocycles. The molecule has 1 aliphatic rings. The van der Waals surface area contributed by atoms with Crippen molar-refractivity contribution in [3.63, 3.8) is 0 Å². The van der Waals surface area contributed by atoms with Crippen LogP contribution >= 0.6 is 11.6 Å². The van der Waals surface area contributed by atoms with Gasteiger partial charge >= 0.3 is 0 Å². The van der Waals surface area contributed by atoms with Gasteiger partial charge in [-0.1, -0.05) is 0 Å². The van der Waals surface area contributed by atoms with E-state index in [1.807, 2.05) is 30.0 Å². The third kappa shape index (κ3) is 7.07. The van der Waals surface area contributed by atoms with E-state index in [2.05, 4.69) is 5.32 Å². The second kappa shape index (κ2) is 9.87. The molecule has 0 aromatic heterocycles. The van der Waals surface area contributed by atoms with E-state index in [1.165, 1.54) is 6.20 Å². The van der Waals surface area contributed by atoms with Gasteiger partial charge in [0.1, 0.15) is 11.6 Å². The Morgan fingerprint density at radius 1 is 1.42 bits per heavy atom. The minimum Gasteiger partial charge on any atom is -0.371 e. The Bertz CT molecular complexity index is 598. The maximum absolute atomic E-state index is 12.1. The van der Waals surface area contributed by atoms with Crippen LogP contribution < -0.4 is 5.32 Å². The van der Waals surface area contributed by atoms with E-state index < -0.39 is 15.7 Å². The first kappa shape index (κ1) is 20.7. The van der Waals surface area contributed by atoms with Crippen molar-refractivity contribution in [1.82, 2.24) is 15.1 Å². The molecule has 0 aromatic rings. The first-order valence-corrected chi connectivity index (χ1v) is 10.2. The molecule has 1 aliphatic heterocycles. The second-order valence-corrected chi connectivity index (χ2v) is 8.66. The van der Waals surface area contributed by atoms with Gasteiger partial charge in [-0.2, -0.15) is 5.26 Å². The van der Waals surface area contributed by atoms with Crippen molar-refractivity contribution >= 4 is 27.3 Å². The molecule has 1 atom stereocenters. The van der Waals surface area contributed by atoms with Gasteiger partial charge in [0.05, 0.1) is 11.5 Å². The highest BCUT2D eigenvalue weighted by molar-refractivity contribution is 7.91. The lowest BCUT2D eigenvalue weighted by Crippen LogP contribution is -2.38. The predicted molar refractivity (Wildman–Crippen MR) is 94.4 cm³/mol.